The molecule has 0 saturated heterocycles. The van der Waals surface area contributed by atoms with Gasteiger partial charge in [-0.3, -0.25) is 4.79 Å². The lowest BCUT2D eigenvalue weighted by atomic mass is 10.2. The molecule has 0 unspecified atom stereocenters. The van der Waals surface area contributed by atoms with E-state index in [1.54, 1.807) is 0 Å². The maximum Gasteiger partial charge on any atom is 0.290 e. The molecule has 0 fully saturated rings. The first kappa shape index (κ1) is 8.70. The molecule has 0 aliphatic heterocycles. The van der Waals surface area contributed by atoms with Crippen LogP contribution in [0.4, 0.5) is 8.78 Å². The highest BCUT2D eigenvalue weighted by Gasteiger charge is 2.12. The predicted octanol–water partition coefficient (Wildman–Crippen LogP) is 1.33. The number of hydrogen-bond donors (Lipinski definition) is 2. The van der Waals surface area contributed by atoms with Crippen molar-refractivity contribution in [2.24, 2.45) is 0 Å². The van der Waals surface area contributed by atoms with Crippen LogP contribution in [0.2, 0.25) is 0 Å². The lowest BCUT2D eigenvalue weighted by Gasteiger charge is -2.03. The number of aryl methyl sites for hydroxylation is 1. The number of rotatable bonds is 1. The quantitative estimate of drug-likeness (QED) is 0.676. The SMILES string of the molecule is Cc1[nH]c(=O)c(O)cc1C(F)F. The molecule has 0 spiro atoms. The van der Waals surface area contributed by atoms with Gasteiger partial charge in [-0.1, -0.05) is 0 Å². The molecule has 0 bridgehead atoms. The summed E-state index contributed by atoms with van der Waals surface area (Å²) in [6, 6.07) is 0.777. The number of alkyl halides is 2. The van der Waals surface area contributed by atoms with Crippen LogP contribution in [0.3, 0.4) is 0 Å². The number of pyridine rings is 1. The molecule has 2 N–H and O–H groups in total. The Bertz CT molecular complexity index is 346. The number of aromatic hydroxyl groups is 1. The second-order valence-electron chi connectivity index (χ2n) is 2.36. The minimum absolute atomic E-state index is 0.0767. The Morgan fingerprint density at radius 1 is 1.58 bits per heavy atom. The summed E-state index contributed by atoms with van der Waals surface area (Å²) < 4.78 is 24.2. The summed E-state index contributed by atoms with van der Waals surface area (Å²) in [5, 5.41) is 8.80. The standard InChI is InChI=1S/C7H7F2NO2/c1-3-4(6(8)9)2-5(11)7(12)10-3/h2,6,11H,1H3,(H,10,12). The molecule has 0 aliphatic rings. The maximum absolute atomic E-state index is 12.1. The van der Waals surface area contributed by atoms with Crippen LogP contribution in [-0.2, 0) is 0 Å². The Labute approximate surface area is 66.7 Å². The highest BCUT2D eigenvalue weighted by Crippen LogP contribution is 2.22. The highest BCUT2D eigenvalue weighted by atomic mass is 19.3. The lowest BCUT2D eigenvalue weighted by molar-refractivity contribution is 0.149. The van der Waals surface area contributed by atoms with E-state index in [9.17, 15) is 13.6 Å². The van der Waals surface area contributed by atoms with Gasteiger partial charge in [-0.15, -0.1) is 0 Å². The first-order valence-corrected chi connectivity index (χ1v) is 3.23. The summed E-state index contributed by atoms with van der Waals surface area (Å²) in [5.41, 5.74) is -1.03. The van der Waals surface area contributed by atoms with Crippen molar-refractivity contribution in [1.82, 2.24) is 4.98 Å². The summed E-state index contributed by atoms with van der Waals surface area (Å²) in [5.74, 6) is -0.684. The van der Waals surface area contributed by atoms with Crippen molar-refractivity contribution in [2.75, 3.05) is 0 Å². The number of nitrogens with one attached hydrogen (secondary N) is 1. The van der Waals surface area contributed by atoms with Gasteiger partial charge in [0.25, 0.3) is 12.0 Å². The Kier molecular flexibility index (Phi) is 2.12. The van der Waals surface area contributed by atoms with E-state index in [0.717, 1.165) is 6.07 Å². The minimum atomic E-state index is -2.69. The van der Waals surface area contributed by atoms with Crippen molar-refractivity contribution in [3.05, 3.63) is 27.7 Å². The molecule has 1 aromatic rings. The summed E-state index contributed by atoms with van der Waals surface area (Å²) in [6.45, 7) is 1.35. The van der Waals surface area contributed by atoms with Gasteiger partial charge in [-0.25, -0.2) is 8.78 Å². The van der Waals surface area contributed by atoms with E-state index in [1.807, 2.05) is 0 Å². The van der Waals surface area contributed by atoms with Gasteiger partial charge in [0.2, 0.25) is 0 Å². The molecule has 1 rings (SSSR count). The van der Waals surface area contributed by atoms with Crippen LogP contribution in [0.1, 0.15) is 17.7 Å². The summed E-state index contributed by atoms with van der Waals surface area (Å²) in [6.07, 6.45) is -2.69. The molecule has 12 heavy (non-hydrogen) atoms. The smallest absolute Gasteiger partial charge is 0.290 e. The third-order valence-corrected chi connectivity index (χ3v) is 1.49. The monoisotopic (exact) mass is 175 g/mol. The Morgan fingerprint density at radius 3 is 2.67 bits per heavy atom. The molecular formula is C7H7F2NO2. The molecule has 1 aromatic heterocycles. The average Bonchev–Trinajstić information content (AvgIpc) is 1.96. The first-order chi connectivity index (χ1) is 5.52. The van der Waals surface area contributed by atoms with Crippen molar-refractivity contribution in [2.45, 2.75) is 13.3 Å². The van der Waals surface area contributed by atoms with Crippen LogP contribution in [-0.4, -0.2) is 10.1 Å². The van der Waals surface area contributed by atoms with Crippen molar-refractivity contribution in [3.8, 4) is 5.75 Å². The highest BCUT2D eigenvalue weighted by molar-refractivity contribution is 5.28. The van der Waals surface area contributed by atoms with Gasteiger partial charge in [0.05, 0.1) is 0 Å². The van der Waals surface area contributed by atoms with Crippen molar-refractivity contribution in [3.63, 3.8) is 0 Å². The molecule has 3 nitrogen and oxygen atoms in total. The number of hydrogen-bond acceptors (Lipinski definition) is 2. The van der Waals surface area contributed by atoms with E-state index in [2.05, 4.69) is 4.98 Å². The van der Waals surface area contributed by atoms with Gasteiger partial charge in [0.15, 0.2) is 5.75 Å². The molecule has 0 amide bonds. The van der Waals surface area contributed by atoms with Crippen molar-refractivity contribution >= 4 is 0 Å². The molecule has 0 aromatic carbocycles. The van der Waals surface area contributed by atoms with Gasteiger partial charge in [0.1, 0.15) is 0 Å². The second-order valence-corrected chi connectivity index (χ2v) is 2.36. The maximum atomic E-state index is 12.1. The van der Waals surface area contributed by atoms with Gasteiger partial charge in [-0.2, -0.15) is 0 Å². The Hall–Kier alpha value is -1.39. The van der Waals surface area contributed by atoms with E-state index in [0.29, 0.717) is 0 Å². The van der Waals surface area contributed by atoms with Gasteiger partial charge in [-0.05, 0) is 13.0 Å². The van der Waals surface area contributed by atoms with Crippen LogP contribution in [0, 0.1) is 6.92 Å². The predicted molar refractivity (Wildman–Crippen MR) is 38.4 cm³/mol. The topological polar surface area (TPSA) is 53.1 Å². The van der Waals surface area contributed by atoms with Crippen LogP contribution < -0.4 is 5.56 Å². The normalized spacial score (nSPS) is 10.7. The van der Waals surface area contributed by atoms with E-state index >= 15 is 0 Å². The van der Waals surface area contributed by atoms with Crippen LogP contribution in [0.5, 0.6) is 5.75 Å². The van der Waals surface area contributed by atoms with Crippen LogP contribution in [0.25, 0.3) is 0 Å². The molecule has 66 valence electrons. The zero-order valence-electron chi connectivity index (χ0n) is 6.27. The van der Waals surface area contributed by atoms with E-state index < -0.39 is 17.7 Å². The molecule has 0 atom stereocenters. The van der Waals surface area contributed by atoms with Crippen molar-refractivity contribution in [1.29, 1.82) is 0 Å². The third-order valence-electron chi connectivity index (χ3n) is 1.49. The summed E-state index contributed by atoms with van der Waals surface area (Å²) in [4.78, 5) is 12.8. The Morgan fingerprint density at radius 2 is 2.17 bits per heavy atom. The fraction of sp³-hybridized carbons (Fsp3) is 0.286. The zero-order chi connectivity index (χ0) is 9.30. The third kappa shape index (κ3) is 1.44. The fourth-order valence-electron chi connectivity index (χ4n) is 0.854. The van der Waals surface area contributed by atoms with E-state index in [1.165, 1.54) is 6.92 Å². The molecule has 0 aliphatic carbocycles. The van der Waals surface area contributed by atoms with Crippen molar-refractivity contribution < 1.29 is 13.9 Å². The zero-order valence-corrected chi connectivity index (χ0v) is 6.27. The van der Waals surface area contributed by atoms with E-state index in [-0.39, 0.29) is 11.3 Å². The Balaban J connectivity index is 3.33. The molecule has 1 heterocycles. The molecular weight excluding hydrogens is 168 g/mol. The number of aromatic nitrogens is 1. The average molecular weight is 175 g/mol. The van der Waals surface area contributed by atoms with Gasteiger partial charge in [0, 0.05) is 11.3 Å². The summed E-state index contributed by atoms with van der Waals surface area (Å²) >= 11 is 0. The van der Waals surface area contributed by atoms with E-state index in [4.69, 9.17) is 5.11 Å². The van der Waals surface area contributed by atoms with Gasteiger partial charge >= 0.3 is 0 Å². The molecule has 0 radical (unpaired) electrons. The summed E-state index contributed by atoms with van der Waals surface area (Å²) in [7, 11) is 0. The molecule has 5 heteroatoms. The van der Waals surface area contributed by atoms with Gasteiger partial charge < -0.3 is 10.1 Å². The largest absolute Gasteiger partial charge is 0.503 e. The number of H-pyrrole nitrogens is 1. The lowest BCUT2D eigenvalue weighted by Crippen LogP contribution is -2.08. The number of halogens is 2. The second kappa shape index (κ2) is 2.92. The van der Waals surface area contributed by atoms with Crippen LogP contribution >= 0.6 is 0 Å². The first-order valence-electron chi connectivity index (χ1n) is 3.23. The van der Waals surface area contributed by atoms with Crippen LogP contribution in [0.15, 0.2) is 10.9 Å². The molecule has 0 saturated carbocycles. The number of aromatic amines is 1. The minimum Gasteiger partial charge on any atom is -0.503 e. The fourth-order valence-corrected chi connectivity index (χ4v) is 0.854.